The lowest BCUT2D eigenvalue weighted by Crippen LogP contribution is -2.46. The Hall–Kier alpha value is -2.01. The highest BCUT2D eigenvalue weighted by atomic mass is 35.5. The van der Waals surface area contributed by atoms with Crippen molar-refractivity contribution in [3.63, 3.8) is 0 Å². The number of rotatable bonds is 5. The van der Waals surface area contributed by atoms with Gasteiger partial charge in [-0.3, -0.25) is 9.59 Å². The average molecular weight is 336 g/mol. The van der Waals surface area contributed by atoms with Crippen molar-refractivity contribution in [2.45, 2.75) is 26.3 Å². The van der Waals surface area contributed by atoms with Crippen LogP contribution in [0.1, 0.15) is 30.8 Å². The van der Waals surface area contributed by atoms with Crippen molar-refractivity contribution in [1.82, 2.24) is 15.2 Å². The summed E-state index contributed by atoms with van der Waals surface area (Å²) in [6, 6.07) is 6.97. The van der Waals surface area contributed by atoms with E-state index in [0.717, 1.165) is 10.9 Å². The summed E-state index contributed by atoms with van der Waals surface area (Å²) in [4.78, 5) is 24.7. The molecule has 1 aromatic heterocycles. The molecule has 0 saturated carbocycles. The molecular weight excluding hydrogens is 314 g/mol. The summed E-state index contributed by atoms with van der Waals surface area (Å²) in [5, 5.41) is 6.62. The number of amides is 2. The average Bonchev–Trinajstić information content (AvgIpc) is 2.77. The third-order valence-corrected chi connectivity index (χ3v) is 4.22. The van der Waals surface area contributed by atoms with Crippen LogP contribution < -0.4 is 10.6 Å². The molecule has 2 N–H and O–H groups in total. The Morgan fingerprint density at radius 3 is 2.48 bits per heavy atom. The van der Waals surface area contributed by atoms with Crippen LogP contribution in [0.15, 0.2) is 24.3 Å². The number of benzene rings is 1. The van der Waals surface area contributed by atoms with E-state index in [9.17, 15) is 9.59 Å². The summed E-state index contributed by atoms with van der Waals surface area (Å²) in [7, 11) is 3.35. The van der Waals surface area contributed by atoms with E-state index >= 15 is 0 Å². The maximum absolute atomic E-state index is 12.7. The van der Waals surface area contributed by atoms with E-state index in [1.54, 1.807) is 18.7 Å². The van der Waals surface area contributed by atoms with Gasteiger partial charge in [0, 0.05) is 25.0 Å². The third kappa shape index (κ3) is 3.50. The largest absolute Gasteiger partial charge is 0.357 e. The Balaban J connectivity index is 2.34. The number of nitrogens with one attached hydrogen (secondary N) is 2. The molecule has 1 atom stereocenters. The van der Waals surface area contributed by atoms with E-state index in [1.165, 1.54) is 0 Å². The van der Waals surface area contributed by atoms with Gasteiger partial charge in [-0.05, 0) is 18.4 Å². The van der Waals surface area contributed by atoms with Crippen molar-refractivity contribution in [2.75, 3.05) is 7.05 Å². The number of aryl methyl sites for hydroxylation is 1. The van der Waals surface area contributed by atoms with E-state index in [1.807, 2.05) is 38.1 Å². The number of fused-ring (bicyclic) bond motifs is 1. The highest BCUT2D eigenvalue weighted by molar-refractivity contribution is 6.38. The zero-order valence-electron chi connectivity index (χ0n) is 13.8. The fraction of sp³-hybridized carbons (Fsp3) is 0.412. The molecule has 5 nitrogen and oxygen atoms in total. The molecule has 0 aliphatic carbocycles. The number of aromatic nitrogens is 1. The van der Waals surface area contributed by atoms with Crippen molar-refractivity contribution >= 4 is 34.3 Å². The van der Waals surface area contributed by atoms with Crippen molar-refractivity contribution < 1.29 is 9.59 Å². The van der Waals surface area contributed by atoms with Crippen LogP contribution in [0, 0.1) is 5.92 Å². The van der Waals surface area contributed by atoms with Gasteiger partial charge in [0.15, 0.2) is 0 Å². The monoisotopic (exact) mass is 335 g/mol. The first-order valence-electron chi connectivity index (χ1n) is 7.62. The molecule has 0 aliphatic heterocycles. The van der Waals surface area contributed by atoms with Gasteiger partial charge < -0.3 is 15.2 Å². The number of hydrogen-bond acceptors (Lipinski definition) is 2. The second-order valence-electron chi connectivity index (χ2n) is 6.01. The molecule has 0 spiro atoms. The molecule has 0 fully saturated rings. The molecule has 0 aliphatic rings. The predicted molar refractivity (Wildman–Crippen MR) is 92.7 cm³/mol. The van der Waals surface area contributed by atoms with Crippen molar-refractivity contribution in [3.05, 3.63) is 35.0 Å². The number of halogens is 1. The molecule has 0 saturated heterocycles. The standard InChI is InChI=1S/C17H22ClN3O2/c1-10(2)9-12(16(22)19-3)20-17(23)15-14(18)11-7-5-6-8-13(11)21(15)4/h5-8,10,12H,9H2,1-4H3,(H,19,22)(H,20,23)/t12-/m0/s1. The van der Waals surface area contributed by atoms with Gasteiger partial charge in [0.25, 0.3) is 5.91 Å². The third-order valence-electron chi connectivity index (χ3n) is 3.84. The Bertz CT molecular complexity index is 698. The van der Waals surface area contributed by atoms with Gasteiger partial charge in [-0.2, -0.15) is 0 Å². The first-order chi connectivity index (χ1) is 10.9. The van der Waals surface area contributed by atoms with E-state index in [0.29, 0.717) is 17.1 Å². The van der Waals surface area contributed by atoms with Crippen LogP contribution in [0.5, 0.6) is 0 Å². The van der Waals surface area contributed by atoms with Crippen molar-refractivity contribution in [3.8, 4) is 0 Å². The van der Waals surface area contributed by atoms with Crippen LogP contribution in [0.2, 0.25) is 5.02 Å². The Morgan fingerprint density at radius 1 is 1.26 bits per heavy atom. The van der Waals surface area contributed by atoms with Crippen LogP contribution in [0.25, 0.3) is 10.9 Å². The maximum Gasteiger partial charge on any atom is 0.270 e. The summed E-state index contributed by atoms with van der Waals surface area (Å²) < 4.78 is 1.75. The van der Waals surface area contributed by atoms with Crippen molar-refractivity contribution in [1.29, 1.82) is 0 Å². The minimum atomic E-state index is -0.582. The lowest BCUT2D eigenvalue weighted by Gasteiger charge is -2.19. The van der Waals surface area contributed by atoms with Gasteiger partial charge in [0.2, 0.25) is 5.91 Å². The zero-order valence-corrected chi connectivity index (χ0v) is 14.6. The Kier molecular flexibility index (Phi) is 5.31. The molecule has 1 heterocycles. The summed E-state index contributed by atoms with van der Waals surface area (Å²) in [6.07, 6.45) is 0.562. The highest BCUT2D eigenvalue weighted by Crippen LogP contribution is 2.29. The summed E-state index contributed by atoms with van der Waals surface area (Å²) in [5.41, 5.74) is 1.24. The first-order valence-corrected chi connectivity index (χ1v) is 8.00. The van der Waals surface area contributed by atoms with Crippen LogP contribution in [-0.2, 0) is 11.8 Å². The van der Waals surface area contributed by atoms with Gasteiger partial charge in [0.05, 0.1) is 5.02 Å². The molecule has 2 amide bonds. The molecule has 0 radical (unpaired) electrons. The Morgan fingerprint density at radius 2 is 1.91 bits per heavy atom. The minimum absolute atomic E-state index is 0.207. The quantitative estimate of drug-likeness (QED) is 0.882. The number of carbonyl (C=O) groups excluding carboxylic acids is 2. The van der Waals surface area contributed by atoms with E-state index in [2.05, 4.69) is 10.6 Å². The number of hydrogen-bond donors (Lipinski definition) is 2. The van der Waals surface area contributed by atoms with Crippen LogP contribution in [0.3, 0.4) is 0 Å². The second-order valence-corrected chi connectivity index (χ2v) is 6.39. The van der Waals surface area contributed by atoms with Gasteiger partial charge in [0.1, 0.15) is 11.7 Å². The Labute approximate surface area is 141 Å². The van der Waals surface area contributed by atoms with Crippen molar-refractivity contribution in [2.24, 2.45) is 13.0 Å². The topological polar surface area (TPSA) is 63.1 Å². The first kappa shape index (κ1) is 17.3. The van der Waals surface area contributed by atoms with Gasteiger partial charge in [-0.1, -0.05) is 43.6 Å². The van der Waals surface area contributed by atoms with Gasteiger partial charge >= 0.3 is 0 Å². The number of para-hydroxylation sites is 1. The molecule has 6 heteroatoms. The number of carbonyl (C=O) groups is 2. The van der Waals surface area contributed by atoms with E-state index in [-0.39, 0.29) is 17.7 Å². The molecule has 0 bridgehead atoms. The number of nitrogens with zero attached hydrogens (tertiary/aromatic N) is 1. The van der Waals surface area contributed by atoms with E-state index in [4.69, 9.17) is 11.6 Å². The lowest BCUT2D eigenvalue weighted by atomic mass is 10.0. The van der Waals surface area contributed by atoms with Gasteiger partial charge in [-0.25, -0.2) is 0 Å². The van der Waals surface area contributed by atoms with Crippen LogP contribution in [0.4, 0.5) is 0 Å². The molecule has 0 unspecified atom stereocenters. The van der Waals surface area contributed by atoms with Crippen LogP contribution in [-0.4, -0.2) is 29.5 Å². The molecular formula is C17H22ClN3O2. The van der Waals surface area contributed by atoms with Crippen LogP contribution >= 0.6 is 11.6 Å². The van der Waals surface area contributed by atoms with E-state index < -0.39 is 6.04 Å². The number of likely N-dealkylation sites (N-methyl/N-ethyl adjacent to an activating group) is 1. The molecule has 2 rings (SSSR count). The SMILES string of the molecule is CNC(=O)[C@H](CC(C)C)NC(=O)c1c(Cl)c2ccccc2n1C. The molecule has 23 heavy (non-hydrogen) atoms. The summed E-state index contributed by atoms with van der Waals surface area (Å²) >= 11 is 6.38. The molecule has 1 aromatic carbocycles. The summed E-state index contributed by atoms with van der Waals surface area (Å²) in [6.45, 7) is 4.01. The normalized spacial score (nSPS) is 12.4. The predicted octanol–water partition coefficient (Wildman–Crippen LogP) is 2.72. The zero-order chi connectivity index (χ0) is 17.1. The second kappa shape index (κ2) is 7.04. The highest BCUT2D eigenvalue weighted by Gasteiger charge is 2.25. The fourth-order valence-corrected chi connectivity index (χ4v) is 3.08. The maximum atomic E-state index is 12.7. The minimum Gasteiger partial charge on any atom is -0.357 e. The smallest absolute Gasteiger partial charge is 0.270 e. The summed E-state index contributed by atoms with van der Waals surface area (Å²) in [5.74, 6) is -0.273. The molecule has 2 aromatic rings. The fourth-order valence-electron chi connectivity index (χ4n) is 2.70. The molecule has 124 valence electrons. The van der Waals surface area contributed by atoms with Gasteiger partial charge in [-0.15, -0.1) is 0 Å². The lowest BCUT2D eigenvalue weighted by molar-refractivity contribution is -0.122.